The van der Waals surface area contributed by atoms with Crippen LogP contribution in [0, 0.1) is 5.92 Å². The molecule has 28 heavy (non-hydrogen) atoms. The summed E-state index contributed by atoms with van der Waals surface area (Å²) in [4.78, 5) is 18.4. The minimum Gasteiger partial charge on any atom is -0.448 e. The van der Waals surface area contributed by atoms with Crippen molar-refractivity contribution >= 4 is 5.91 Å². The smallest absolute Gasteiger partial charge is 0.275 e. The lowest BCUT2D eigenvalue weighted by atomic mass is 9.84. The van der Waals surface area contributed by atoms with Crippen molar-refractivity contribution in [3.05, 3.63) is 66.0 Å². The molecule has 1 aliphatic heterocycles. The lowest BCUT2D eigenvalue weighted by molar-refractivity contribution is -0.0508. The lowest BCUT2D eigenvalue weighted by Crippen LogP contribution is -2.57. The molecule has 1 aromatic carbocycles. The minimum atomic E-state index is -0.781. The molecule has 1 amide bonds. The van der Waals surface area contributed by atoms with Gasteiger partial charge in [-0.1, -0.05) is 30.3 Å². The molecule has 1 fully saturated rings. The zero-order valence-electron chi connectivity index (χ0n) is 15.9. The van der Waals surface area contributed by atoms with Crippen molar-refractivity contribution in [2.45, 2.75) is 25.9 Å². The SMILES string of the molecule is CC(C)(O)C1CN(C(=O)c2coc(Cc3ccc(-c4ccccc4)nn3)n2)C1. The van der Waals surface area contributed by atoms with E-state index in [0.717, 1.165) is 11.3 Å². The van der Waals surface area contributed by atoms with Crippen molar-refractivity contribution in [3.63, 3.8) is 0 Å². The van der Waals surface area contributed by atoms with E-state index in [1.165, 1.54) is 6.26 Å². The van der Waals surface area contributed by atoms with Crippen LogP contribution in [-0.4, -0.2) is 49.8 Å². The van der Waals surface area contributed by atoms with Crippen LogP contribution in [0.4, 0.5) is 0 Å². The summed E-state index contributed by atoms with van der Waals surface area (Å²) in [5.41, 5.74) is 2.01. The van der Waals surface area contributed by atoms with Gasteiger partial charge in [-0.15, -0.1) is 0 Å². The standard InChI is InChI=1S/C21H22N4O3/c1-21(2,27)15-11-25(12-15)20(26)18-13-28-19(22-18)10-16-8-9-17(24-23-16)14-6-4-3-5-7-14/h3-9,13,15,27H,10-12H2,1-2H3. The van der Waals surface area contributed by atoms with E-state index in [4.69, 9.17) is 4.42 Å². The number of aliphatic hydroxyl groups is 1. The highest BCUT2D eigenvalue weighted by Crippen LogP contribution is 2.28. The van der Waals surface area contributed by atoms with Gasteiger partial charge in [0.25, 0.3) is 5.91 Å². The summed E-state index contributed by atoms with van der Waals surface area (Å²) in [6.45, 7) is 4.57. The van der Waals surface area contributed by atoms with Gasteiger partial charge in [0.05, 0.1) is 23.4 Å². The summed E-state index contributed by atoms with van der Waals surface area (Å²) in [5.74, 6) is 0.326. The molecule has 0 aliphatic carbocycles. The Morgan fingerprint density at radius 1 is 1.18 bits per heavy atom. The highest BCUT2D eigenvalue weighted by Gasteiger charge is 2.40. The van der Waals surface area contributed by atoms with E-state index in [-0.39, 0.29) is 17.5 Å². The fourth-order valence-electron chi connectivity index (χ4n) is 3.12. The van der Waals surface area contributed by atoms with Gasteiger partial charge < -0.3 is 14.4 Å². The molecule has 0 radical (unpaired) electrons. The molecule has 1 N–H and O–H groups in total. The summed E-state index contributed by atoms with van der Waals surface area (Å²) in [7, 11) is 0. The third kappa shape index (κ3) is 3.80. The molecule has 7 heteroatoms. The zero-order valence-corrected chi connectivity index (χ0v) is 15.9. The molecule has 1 saturated heterocycles. The lowest BCUT2D eigenvalue weighted by Gasteiger charge is -2.44. The van der Waals surface area contributed by atoms with E-state index >= 15 is 0 Å². The molecule has 144 valence electrons. The molecular weight excluding hydrogens is 356 g/mol. The molecule has 0 spiro atoms. The second kappa shape index (κ2) is 7.16. The number of nitrogens with zero attached hydrogens (tertiary/aromatic N) is 4. The van der Waals surface area contributed by atoms with Gasteiger partial charge in [0.2, 0.25) is 5.89 Å². The molecule has 0 bridgehead atoms. The van der Waals surface area contributed by atoms with E-state index in [1.54, 1.807) is 18.7 Å². The number of rotatable bonds is 5. The Morgan fingerprint density at radius 2 is 1.93 bits per heavy atom. The fraction of sp³-hybridized carbons (Fsp3) is 0.333. The molecule has 1 aliphatic rings. The normalized spacial score (nSPS) is 14.8. The maximum Gasteiger partial charge on any atom is 0.275 e. The molecular formula is C21H22N4O3. The zero-order chi connectivity index (χ0) is 19.7. The van der Waals surface area contributed by atoms with Gasteiger partial charge in [0.1, 0.15) is 6.26 Å². The maximum absolute atomic E-state index is 12.5. The van der Waals surface area contributed by atoms with Gasteiger partial charge in [0.15, 0.2) is 5.69 Å². The molecule has 2 aromatic heterocycles. The molecule has 0 saturated carbocycles. The third-order valence-corrected chi connectivity index (χ3v) is 5.06. The quantitative estimate of drug-likeness (QED) is 0.734. The molecule has 3 heterocycles. The number of benzene rings is 1. The van der Waals surface area contributed by atoms with Crippen LogP contribution in [0.25, 0.3) is 11.3 Å². The Balaban J connectivity index is 1.38. The third-order valence-electron chi connectivity index (χ3n) is 5.06. The maximum atomic E-state index is 12.5. The molecule has 0 unspecified atom stereocenters. The number of hydrogen-bond acceptors (Lipinski definition) is 6. The predicted octanol–water partition coefficient (Wildman–Crippen LogP) is 2.57. The van der Waals surface area contributed by atoms with Crippen molar-refractivity contribution < 1.29 is 14.3 Å². The van der Waals surface area contributed by atoms with Crippen LogP contribution in [0.5, 0.6) is 0 Å². The number of likely N-dealkylation sites (tertiary alicyclic amines) is 1. The van der Waals surface area contributed by atoms with Crippen LogP contribution in [0.1, 0.15) is 35.9 Å². The summed E-state index contributed by atoms with van der Waals surface area (Å²) < 4.78 is 5.44. The number of carbonyl (C=O) groups excluding carboxylic acids is 1. The molecule has 0 atom stereocenters. The van der Waals surface area contributed by atoms with E-state index < -0.39 is 5.60 Å². The van der Waals surface area contributed by atoms with Crippen LogP contribution in [0.15, 0.2) is 53.1 Å². The van der Waals surface area contributed by atoms with Crippen LogP contribution in [0.2, 0.25) is 0 Å². The highest BCUT2D eigenvalue weighted by atomic mass is 16.3. The predicted molar refractivity (Wildman–Crippen MR) is 102 cm³/mol. The number of oxazole rings is 1. The van der Waals surface area contributed by atoms with E-state index in [2.05, 4.69) is 15.2 Å². The largest absolute Gasteiger partial charge is 0.448 e. The first-order chi connectivity index (χ1) is 13.4. The van der Waals surface area contributed by atoms with Gasteiger partial charge in [-0.3, -0.25) is 4.79 Å². The molecule has 3 aromatic rings. The number of hydrogen-bond donors (Lipinski definition) is 1. The number of amides is 1. The van der Waals surface area contributed by atoms with Gasteiger partial charge in [-0.05, 0) is 26.0 Å². The van der Waals surface area contributed by atoms with Gasteiger partial charge in [0, 0.05) is 24.6 Å². The van der Waals surface area contributed by atoms with Gasteiger partial charge in [-0.2, -0.15) is 10.2 Å². The van der Waals surface area contributed by atoms with Crippen molar-refractivity contribution in [2.75, 3.05) is 13.1 Å². The van der Waals surface area contributed by atoms with Gasteiger partial charge in [-0.25, -0.2) is 4.98 Å². The van der Waals surface area contributed by atoms with E-state index in [1.807, 2.05) is 42.5 Å². The van der Waals surface area contributed by atoms with Crippen molar-refractivity contribution in [3.8, 4) is 11.3 Å². The van der Waals surface area contributed by atoms with E-state index in [0.29, 0.717) is 31.1 Å². The topological polar surface area (TPSA) is 92.3 Å². The monoisotopic (exact) mass is 378 g/mol. The van der Waals surface area contributed by atoms with Crippen molar-refractivity contribution in [1.29, 1.82) is 0 Å². The number of aromatic nitrogens is 3. The summed E-state index contributed by atoms with van der Waals surface area (Å²) >= 11 is 0. The number of carbonyl (C=O) groups is 1. The molecule has 7 nitrogen and oxygen atoms in total. The second-order valence-corrected chi connectivity index (χ2v) is 7.64. The minimum absolute atomic E-state index is 0.0845. The first kappa shape index (κ1) is 18.3. The Hall–Kier alpha value is -3.06. The van der Waals surface area contributed by atoms with Crippen LogP contribution in [0.3, 0.4) is 0 Å². The summed E-state index contributed by atoms with van der Waals surface area (Å²) in [5, 5.41) is 18.5. The highest BCUT2D eigenvalue weighted by molar-refractivity contribution is 5.92. The second-order valence-electron chi connectivity index (χ2n) is 7.64. The molecule has 4 rings (SSSR count). The fourth-order valence-corrected chi connectivity index (χ4v) is 3.12. The van der Waals surface area contributed by atoms with E-state index in [9.17, 15) is 9.90 Å². The average Bonchev–Trinajstić information content (AvgIpc) is 3.09. The van der Waals surface area contributed by atoms with Crippen LogP contribution >= 0.6 is 0 Å². The first-order valence-corrected chi connectivity index (χ1v) is 9.24. The van der Waals surface area contributed by atoms with Gasteiger partial charge >= 0.3 is 0 Å². The Morgan fingerprint density at radius 3 is 2.57 bits per heavy atom. The Labute approximate surface area is 163 Å². The first-order valence-electron chi connectivity index (χ1n) is 9.24. The Bertz CT molecular complexity index is 955. The van der Waals surface area contributed by atoms with Crippen LogP contribution < -0.4 is 0 Å². The average molecular weight is 378 g/mol. The Kier molecular flexibility index (Phi) is 4.68. The van der Waals surface area contributed by atoms with Crippen molar-refractivity contribution in [1.82, 2.24) is 20.1 Å². The van der Waals surface area contributed by atoms with Crippen LogP contribution in [-0.2, 0) is 6.42 Å². The van der Waals surface area contributed by atoms with Crippen molar-refractivity contribution in [2.24, 2.45) is 5.92 Å². The summed E-state index contributed by atoms with van der Waals surface area (Å²) in [6, 6.07) is 13.6. The summed E-state index contributed by atoms with van der Waals surface area (Å²) in [6.07, 6.45) is 1.74.